The lowest BCUT2D eigenvalue weighted by Gasteiger charge is -2.26. The number of fused-ring (bicyclic) bond motifs is 1. The Morgan fingerprint density at radius 3 is 2.49 bits per heavy atom. The van der Waals surface area contributed by atoms with Gasteiger partial charge in [0.15, 0.2) is 11.5 Å². The fraction of sp³-hybridized carbons (Fsp3) is 0.273. The highest BCUT2D eigenvalue weighted by Crippen LogP contribution is 2.37. The number of nitro groups is 1. The van der Waals surface area contributed by atoms with Crippen LogP contribution in [0.4, 0.5) is 33.6 Å². The lowest BCUT2D eigenvalue weighted by molar-refractivity contribution is -0.385. The van der Waals surface area contributed by atoms with Crippen LogP contribution in [0.15, 0.2) is 41.5 Å². The molecule has 0 bridgehead atoms. The second-order valence-electron chi connectivity index (χ2n) is 7.85. The third-order valence-electron chi connectivity index (χ3n) is 5.45. The molecule has 0 spiro atoms. The molecule has 0 atom stereocenters. The summed E-state index contributed by atoms with van der Waals surface area (Å²) in [4.78, 5) is 26.3. The molecule has 35 heavy (non-hydrogen) atoms. The number of hydrogen-bond donors (Lipinski definition) is 2. The molecule has 3 heterocycles. The van der Waals surface area contributed by atoms with Crippen LogP contribution in [0.5, 0.6) is 11.5 Å². The Balaban J connectivity index is 1.41. The Labute approximate surface area is 199 Å². The number of halogens is 1. The van der Waals surface area contributed by atoms with E-state index in [-0.39, 0.29) is 35.8 Å². The molecule has 2 aliphatic heterocycles. The Kier molecular flexibility index (Phi) is 6.20. The lowest BCUT2D eigenvalue weighted by atomic mass is 10.1. The lowest BCUT2D eigenvalue weighted by Crippen LogP contribution is -2.31. The smallest absolute Gasteiger partial charge is 0.282 e. The van der Waals surface area contributed by atoms with Crippen molar-refractivity contribution < 1.29 is 18.8 Å². The van der Waals surface area contributed by atoms with Crippen LogP contribution in [-0.2, 0) is 0 Å². The number of hydrazone groups is 1. The first-order valence-corrected chi connectivity index (χ1v) is 11.0. The standard InChI is InChI=1S/C22H21FN8O4/c23-15-4-6-16(7-5-15)25-20-26-21(28-22(27-20)30-8-2-1-3-9-30)29-24-12-14-10-18-19(35-13-34-18)11-17(14)31(32)33/h4-7,10-12H,1-3,8-9,13H2,(H2,25,26,27,28,29). The summed E-state index contributed by atoms with van der Waals surface area (Å²) in [6.07, 6.45) is 4.49. The molecule has 1 aromatic heterocycles. The zero-order valence-corrected chi connectivity index (χ0v) is 18.5. The minimum atomic E-state index is -0.522. The Morgan fingerprint density at radius 2 is 1.74 bits per heavy atom. The SMILES string of the molecule is O=[N+]([O-])c1cc2c(cc1C=NNc1nc(Nc3ccc(F)cc3)nc(N3CCCCC3)n1)OCO2. The van der Waals surface area contributed by atoms with E-state index in [0.717, 1.165) is 32.4 Å². The second-order valence-corrected chi connectivity index (χ2v) is 7.85. The molecule has 180 valence electrons. The van der Waals surface area contributed by atoms with Crippen LogP contribution in [-0.4, -0.2) is 46.0 Å². The predicted molar refractivity (Wildman–Crippen MR) is 126 cm³/mol. The average molecular weight is 480 g/mol. The highest BCUT2D eigenvalue weighted by molar-refractivity contribution is 5.87. The van der Waals surface area contributed by atoms with E-state index in [1.165, 1.54) is 30.5 Å². The van der Waals surface area contributed by atoms with Crippen LogP contribution >= 0.6 is 0 Å². The van der Waals surface area contributed by atoms with Gasteiger partial charge in [0, 0.05) is 18.8 Å². The normalized spacial score (nSPS) is 14.8. The van der Waals surface area contributed by atoms with Gasteiger partial charge < -0.3 is 19.7 Å². The molecule has 0 radical (unpaired) electrons. The van der Waals surface area contributed by atoms with Crippen molar-refractivity contribution in [3.8, 4) is 11.5 Å². The molecule has 2 N–H and O–H groups in total. The van der Waals surface area contributed by atoms with Crippen LogP contribution in [0.25, 0.3) is 0 Å². The number of piperidine rings is 1. The van der Waals surface area contributed by atoms with Crippen molar-refractivity contribution in [2.45, 2.75) is 19.3 Å². The van der Waals surface area contributed by atoms with Gasteiger partial charge in [-0.1, -0.05) is 0 Å². The topological polar surface area (TPSA) is 140 Å². The second kappa shape index (κ2) is 9.75. The number of ether oxygens (including phenoxy) is 2. The molecular weight excluding hydrogens is 459 g/mol. The van der Waals surface area contributed by atoms with Gasteiger partial charge >= 0.3 is 0 Å². The first-order chi connectivity index (χ1) is 17.0. The molecule has 2 aromatic carbocycles. The molecule has 3 aromatic rings. The molecule has 1 fully saturated rings. The third kappa shape index (κ3) is 5.18. The van der Waals surface area contributed by atoms with Crippen molar-refractivity contribution in [1.29, 1.82) is 0 Å². The molecule has 0 aliphatic carbocycles. The number of hydrogen-bond acceptors (Lipinski definition) is 11. The number of anilines is 4. The van der Waals surface area contributed by atoms with E-state index in [0.29, 0.717) is 23.1 Å². The van der Waals surface area contributed by atoms with Crippen LogP contribution in [0.2, 0.25) is 0 Å². The van der Waals surface area contributed by atoms with Gasteiger partial charge in [-0.3, -0.25) is 10.1 Å². The van der Waals surface area contributed by atoms with Gasteiger partial charge in [-0.05, 0) is 49.6 Å². The fourth-order valence-corrected chi connectivity index (χ4v) is 3.74. The number of nitro benzene ring substituents is 1. The van der Waals surface area contributed by atoms with Crippen LogP contribution in [0.1, 0.15) is 24.8 Å². The summed E-state index contributed by atoms with van der Waals surface area (Å²) in [5.41, 5.74) is 3.38. The minimum absolute atomic E-state index is 0.000696. The summed E-state index contributed by atoms with van der Waals surface area (Å²) in [5.74, 6) is 1.21. The molecular formula is C22H21FN8O4. The van der Waals surface area contributed by atoms with Gasteiger partial charge in [-0.2, -0.15) is 20.1 Å². The van der Waals surface area contributed by atoms with E-state index in [9.17, 15) is 14.5 Å². The zero-order chi connectivity index (χ0) is 24.2. The van der Waals surface area contributed by atoms with Gasteiger partial charge in [0.05, 0.1) is 22.8 Å². The molecule has 12 nitrogen and oxygen atoms in total. The number of nitrogens with one attached hydrogen (secondary N) is 2. The maximum absolute atomic E-state index is 13.3. The average Bonchev–Trinajstić information content (AvgIpc) is 3.33. The Hall–Kier alpha value is -4.55. The molecule has 5 rings (SSSR count). The van der Waals surface area contributed by atoms with Crippen LogP contribution < -0.4 is 25.1 Å². The van der Waals surface area contributed by atoms with Gasteiger partial charge in [0.25, 0.3) is 5.69 Å². The summed E-state index contributed by atoms with van der Waals surface area (Å²) in [6, 6.07) is 8.59. The van der Waals surface area contributed by atoms with Crippen molar-refractivity contribution in [3.05, 3.63) is 57.9 Å². The molecule has 2 aliphatic rings. The van der Waals surface area contributed by atoms with Crippen molar-refractivity contribution in [1.82, 2.24) is 15.0 Å². The van der Waals surface area contributed by atoms with E-state index in [4.69, 9.17) is 9.47 Å². The maximum atomic E-state index is 13.3. The van der Waals surface area contributed by atoms with Crippen molar-refractivity contribution in [2.24, 2.45) is 5.10 Å². The highest BCUT2D eigenvalue weighted by Gasteiger charge is 2.22. The van der Waals surface area contributed by atoms with E-state index in [2.05, 4.69) is 35.7 Å². The van der Waals surface area contributed by atoms with Crippen LogP contribution in [0.3, 0.4) is 0 Å². The quantitative estimate of drug-likeness (QED) is 0.291. The van der Waals surface area contributed by atoms with E-state index < -0.39 is 4.92 Å². The number of nitrogens with zero attached hydrogens (tertiary/aromatic N) is 6. The molecule has 0 unspecified atom stereocenters. The Bertz CT molecular complexity index is 1270. The maximum Gasteiger partial charge on any atom is 0.282 e. The molecule has 0 amide bonds. The summed E-state index contributed by atoms with van der Waals surface area (Å²) in [7, 11) is 0. The highest BCUT2D eigenvalue weighted by atomic mass is 19.1. The monoisotopic (exact) mass is 480 g/mol. The minimum Gasteiger partial charge on any atom is -0.454 e. The summed E-state index contributed by atoms with van der Waals surface area (Å²) in [5, 5.41) is 18.6. The summed E-state index contributed by atoms with van der Waals surface area (Å²) >= 11 is 0. The number of benzene rings is 2. The fourth-order valence-electron chi connectivity index (χ4n) is 3.74. The molecule has 1 saturated heterocycles. The van der Waals surface area contributed by atoms with Crippen molar-refractivity contribution in [2.75, 3.05) is 35.5 Å². The van der Waals surface area contributed by atoms with Gasteiger partial charge in [-0.15, -0.1) is 0 Å². The Morgan fingerprint density at radius 1 is 1.03 bits per heavy atom. The van der Waals surface area contributed by atoms with E-state index in [1.807, 2.05) is 0 Å². The predicted octanol–water partition coefficient (Wildman–Crippen LogP) is 3.83. The van der Waals surface area contributed by atoms with Gasteiger partial charge in [0.2, 0.25) is 24.6 Å². The van der Waals surface area contributed by atoms with Crippen molar-refractivity contribution >= 4 is 35.4 Å². The van der Waals surface area contributed by atoms with E-state index in [1.54, 1.807) is 12.1 Å². The first kappa shape index (κ1) is 22.3. The van der Waals surface area contributed by atoms with Gasteiger partial charge in [0.1, 0.15) is 5.82 Å². The summed E-state index contributed by atoms with van der Waals surface area (Å²) < 4.78 is 23.8. The summed E-state index contributed by atoms with van der Waals surface area (Å²) in [6.45, 7) is 1.62. The molecule has 13 heteroatoms. The largest absolute Gasteiger partial charge is 0.454 e. The van der Waals surface area contributed by atoms with E-state index >= 15 is 0 Å². The molecule has 0 saturated carbocycles. The number of rotatable bonds is 7. The first-order valence-electron chi connectivity index (χ1n) is 11.0. The van der Waals surface area contributed by atoms with Crippen molar-refractivity contribution in [3.63, 3.8) is 0 Å². The van der Waals surface area contributed by atoms with Gasteiger partial charge in [-0.25, -0.2) is 9.82 Å². The third-order valence-corrected chi connectivity index (χ3v) is 5.45. The zero-order valence-electron chi connectivity index (χ0n) is 18.5. The van der Waals surface area contributed by atoms with Crippen LogP contribution in [0, 0.1) is 15.9 Å². The number of aromatic nitrogens is 3.